The molecule has 168 valence electrons. The molecular formula is C21H36IN7O. The largest absolute Gasteiger partial charge is 0.356 e. The Bertz CT molecular complexity index is 677. The number of amides is 1. The highest BCUT2D eigenvalue weighted by atomic mass is 127. The predicted octanol–water partition coefficient (Wildman–Crippen LogP) is 2.08. The van der Waals surface area contributed by atoms with Gasteiger partial charge in [-0.15, -0.1) is 24.0 Å². The van der Waals surface area contributed by atoms with E-state index in [1.165, 1.54) is 12.8 Å². The van der Waals surface area contributed by atoms with Crippen molar-refractivity contribution in [3.8, 4) is 0 Å². The molecule has 2 aliphatic heterocycles. The average molecular weight is 529 g/mol. The number of aromatic nitrogens is 2. The van der Waals surface area contributed by atoms with Gasteiger partial charge in [0.05, 0.1) is 0 Å². The summed E-state index contributed by atoms with van der Waals surface area (Å²) in [6.07, 6.45) is 6.50. The molecule has 1 amide bonds. The third-order valence-electron chi connectivity index (χ3n) is 5.69. The predicted molar refractivity (Wildman–Crippen MR) is 131 cm³/mol. The first-order chi connectivity index (χ1) is 14.1. The molecule has 1 aromatic rings. The SMILES string of the molecule is CN=C(NCCC(=O)N1CCN(c2ncccn2)CC1)N1CCC(CC(C)C)C1.I. The topological polar surface area (TPSA) is 77.0 Å². The summed E-state index contributed by atoms with van der Waals surface area (Å²) in [4.78, 5) is 32.0. The second-order valence-corrected chi connectivity index (χ2v) is 8.37. The Hall–Kier alpha value is -1.65. The molecule has 3 heterocycles. The number of rotatable bonds is 6. The maximum atomic E-state index is 12.6. The number of anilines is 1. The van der Waals surface area contributed by atoms with Gasteiger partial charge < -0.3 is 20.0 Å². The Balaban J connectivity index is 0.00000320. The molecule has 0 bridgehead atoms. The van der Waals surface area contributed by atoms with Crippen molar-refractivity contribution in [2.45, 2.75) is 33.1 Å². The van der Waals surface area contributed by atoms with E-state index in [0.29, 0.717) is 13.0 Å². The molecule has 3 rings (SSSR count). The van der Waals surface area contributed by atoms with Gasteiger partial charge in [-0.25, -0.2) is 9.97 Å². The van der Waals surface area contributed by atoms with Gasteiger partial charge in [0.15, 0.2) is 5.96 Å². The number of nitrogens with zero attached hydrogens (tertiary/aromatic N) is 6. The van der Waals surface area contributed by atoms with Crippen LogP contribution < -0.4 is 10.2 Å². The lowest BCUT2D eigenvalue weighted by Crippen LogP contribution is -2.50. The van der Waals surface area contributed by atoms with E-state index in [4.69, 9.17) is 0 Å². The van der Waals surface area contributed by atoms with E-state index < -0.39 is 0 Å². The van der Waals surface area contributed by atoms with Crippen molar-refractivity contribution in [1.29, 1.82) is 0 Å². The number of aliphatic imine (C=N–C) groups is 1. The van der Waals surface area contributed by atoms with Gasteiger partial charge >= 0.3 is 0 Å². The van der Waals surface area contributed by atoms with Gasteiger partial charge in [-0.3, -0.25) is 9.79 Å². The van der Waals surface area contributed by atoms with E-state index in [0.717, 1.165) is 63.0 Å². The minimum atomic E-state index is 0. The number of likely N-dealkylation sites (tertiary alicyclic amines) is 1. The molecule has 1 unspecified atom stereocenters. The van der Waals surface area contributed by atoms with Crippen molar-refractivity contribution in [1.82, 2.24) is 25.1 Å². The molecule has 0 spiro atoms. The lowest BCUT2D eigenvalue weighted by molar-refractivity contribution is -0.131. The Morgan fingerprint density at radius 2 is 1.87 bits per heavy atom. The highest BCUT2D eigenvalue weighted by molar-refractivity contribution is 14.0. The maximum absolute atomic E-state index is 12.6. The second kappa shape index (κ2) is 12.3. The summed E-state index contributed by atoms with van der Waals surface area (Å²) in [7, 11) is 1.82. The van der Waals surface area contributed by atoms with Crippen molar-refractivity contribution >= 4 is 41.8 Å². The van der Waals surface area contributed by atoms with Crippen molar-refractivity contribution in [2.75, 3.05) is 57.8 Å². The molecule has 2 saturated heterocycles. The van der Waals surface area contributed by atoms with Crippen molar-refractivity contribution in [3.63, 3.8) is 0 Å². The van der Waals surface area contributed by atoms with Gasteiger partial charge in [0.25, 0.3) is 0 Å². The Morgan fingerprint density at radius 1 is 1.17 bits per heavy atom. The maximum Gasteiger partial charge on any atom is 0.225 e. The fourth-order valence-corrected chi connectivity index (χ4v) is 4.27. The van der Waals surface area contributed by atoms with E-state index >= 15 is 0 Å². The summed E-state index contributed by atoms with van der Waals surface area (Å²) in [5.41, 5.74) is 0. The fourth-order valence-electron chi connectivity index (χ4n) is 4.27. The average Bonchev–Trinajstić information content (AvgIpc) is 3.19. The summed E-state index contributed by atoms with van der Waals surface area (Å²) in [5.74, 6) is 3.35. The van der Waals surface area contributed by atoms with Crippen LogP contribution in [0.5, 0.6) is 0 Å². The van der Waals surface area contributed by atoms with Crippen molar-refractivity contribution in [2.24, 2.45) is 16.8 Å². The molecular weight excluding hydrogens is 493 g/mol. The van der Waals surface area contributed by atoms with Gasteiger partial charge in [-0.2, -0.15) is 0 Å². The molecule has 0 aromatic carbocycles. The number of piperazine rings is 1. The zero-order chi connectivity index (χ0) is 20.6. The fraction of sp³-hybridized carbons (Fsp3) is 0.714. The molecule has 8 nitrogen and oxygen atoms in total. The number of halogens is 1. The minimum Gasteiger partial charge on any atom is -0.356 e. The van der Waals surface area contributed by atoms with E-state index in [1.54, 1.807) is 12.4 Å². The molecule has 30 heavy (non-hydrogen) atoms. The smallest absolute Gasteiger partial charge is 0.225 e. The monoisotopic (exact) mass is 529 g/mol. The molecule has 9 heteroatoms. The molecule has 0 aliphatic carbocycles. The molecule has 1 aromatic heterocycles. The Kier molecular flexibility index (Phi) is 10.1. The Morgan fingerprint density at radius 3 is 2.50 bits per heavy atom. The quantitative estimate of drug-likeness (QED) is 0.346. The van der Waals surface area contributed by atoms with Crippen LogP contribution in [0.15, 0.2) is 23.5 Å². The summed E-state index contributed by atoms with van der Waals surface area (Å²) in [6.45, 7) is 10.3. The third-order valence-corrected chi connectivity index (χ3v) is 5.69. The lowest BCUT2D eigenvalue weighted by Gasteiger charge is -2.34. The first-order valence-corrected chi connectivity index (χ1v) is 10.8. The number of carbonyl (C=O) groups excluding carboxylic acids is 1. The molecule has 2 aliphatic rings. The van der Waals surface area contributed by atoms with Crippen LogP contribution in [0.25, 0.3) is 0 Å². The van der Waals surface area contributed by atoms with Gasteiger partial charge in [-0.05, 0) is 30.7 Å². The summed E-state index contributed by atoms with van der Waals surface area (Å²) >= 11 is 0. The first kappa shape index (κ1) is 24.6. The molecule has 0 radical (unpaired) electrons. The highest BCUT2D eigenvalue weighted by Gasteiger charge is 2.26. The lowest BCUT2D eigenvalue weighted by atomic mass is 9.97. The zero-order valence-electron chi connectivity index (χ0n) is 18.5. The van der Waals surface area contributed by atoms with Crippen LogP contribution in [0, 0.1) is 11.8 Å². The molecule has 0 saturated carbocycles. The number of carbonyl (C=O) groups is 1. The molecule has 2 fully saturated rings. The van der Waals surface area contributed by atoms with Crippen LogP contribution in [-0.2, 0) is 4.79 Å². The van der Waals surface area contributed by atoms with Gasteiger partial charge in [0.1, 0.15) is 0 Å². The van der Waals surface area contributed by atoms with E-state index in [2.05, 4.69) is 43.9 Å². The standard InChI is InChI=1S/C21H35N7O.HI/c1-17(2)15-18-6-10-28(16-18)20(22-3)25-9-5-19(29)26-11-13-27(14-12-26)21-23-7-4-8-24-21;/h4,7-8,17-18H,5-6,9-16H2,1-3H3,(H,22,25);1H. The zero-order valence-corrected chi connectivity index (χ0v) is 20.8. The van der Waals surface area contributed by atoms with E-state index in [9.17, 15) is 4.79 Å². The minimum absolute atomic E-state index is 0. The van der Waals surface area contributed by atoms with Crippen LogP contribution >= 0.6 is 24.0 Å². The van der Waals surface area contributed by atoms with Crippen LogP contribution in [0.1, 0.15) is 33.1 Å². The van der Waals surface area contributed by atoms with Crippen LogP contribution in [0.4, 0.5) is 5.95 Å². The van der Waals surface area contributed by atoms with Crippen molar-refractivity contribution in [3.05, 3.63) is 18.5 Å². The summed E-state index contributed by atoms with van der Waals surface area (Å²) < 4.78 is 0. The molecule has 1 atom stereocenters. The number of hydrogen-bond acceptors (Lipinski definition) is 5. The van der Waals surface area contributed by atoms with Gasteiger partial charge in [0.2, 0.25) is 11.9 Å². The van der Waals surface area contributed by atoms with E-state index in [-0.39, 0.29) is 29.9 Å². The van der Waals surface area contributed by atoms with Gasteiger partial charge in [-0.1, -0.05) is 13.8 Å². The summed E-state index contributed by atoms with van der Waals surface area (Å²) in [6, 6.07) is 1.82. The Labute approximate surface area is 197 Å². The first-order valence-electron chi connectivity index (χ1n) is 10.8. The normalized spacial score (nSPS) is 19.8. The van der Waals surface area contributed by atoms with Crippen molar-refractivity contribution < 1.29 is 4.79 Å². The summed E-state index contributed by atoms with van der Waals surface area (Å²) in [5, 5.41) is 3.39. The van der Waals surface area contributed by atoms with Gasteiger partial charge in [0, 0.05) is 71.7 Å². The number of guanidine groups is 1. The third kappa shape index (κ3) is 6.95. The van der Waals surface area contributed by atoms with Crippen LogP contribution in [0.2, 0.25) is 0 Å². The number of hydrogen-bond donors (Lipinski definition) is 1. The van der Waals surface area contributed by atoms with Crippen LogP contribution in [-0.4, -0.2) is 84.5 Å². The number of nitrogens with one attached hydrogen (secondary N) is 1. The van der Waals surface area contributed by atoms with E-state index in [1.807, 2.05) is 18.0 Å². The second-order valence-electron chi connectivity index (χ2n) is 8.37. The highest BCUT2D eigenvalue weighted by Crippen LogP contribution is 2.23. The molecule has 1 N–H and O–H groups in total. The van der Waals surface area contributed by atoms with Crippen LogP contribution in [0.3, 0.4) is 0 Å².